The predicted molar refractivity (Wildman–Crippen MR) is 77.7 cm³/mol. The summed E-state index contributed by atoms with van der Waals surface area (Å²) in [4.78, 5) is 4.03. The number of para-hydroxylation sites is 1. The van der Waals surface area contributed by atoms with E-state index in [0.29, 0.717) is 29.1 Å². The monoisotopic (exact) mass is 276 g/mol. The Balaban J connectivity index is 2.22. The van der Waals surface area contributed by atoms with Crippen LogP contribution in [0.1, 0.15) is 19.4 Å². The molecule has 100 valence electrons. The number of rotatable bonds is 5. The molecule has 1 heterocycles. The van der Waals surface area contributed by atoms with E-state index >= 15 is 0 Å². The third-order valence-corrected chi connectivity index (χ3v) is 2.90. The van der Waals surface area contributed by atoms with Gasteiger partial charge in [0.25, 0.3) is 0 Å². The number of halogens is 1. The van der Waals surface area contributed by atoms with Crippen LogP contribution in [0.3, 0.4) is 0 Å². The molecule has 1 N–H and O–H groups in total. The summed E-state index contributed by atoms with van der Waals surface area (Å²) < 4.78 is 5.84. The van der Waals surface area contributed by atoms with E-state index in [-0.39, 0.29) is 0 Å². The van der Waals surface area contributed by atoms with E-state index in [1.54, 1.807) is 12.4 Å². The van der Waals surface area contributed by atoms with E-state index in [1.165, 1.54) is 0 Å². The van der Waals surface area contributed by atoms with Crippen LogP contribution in [-0.2, 0) is 6.54 Å². The number of nitrogens with zero attached hydrogens (tertiary/aromatic N) is 1. The van der Waals surface area contributed by atoms with E-state index in [1.807, 2.05) is 30.3 Å². The lowest BCUT2D eigenvalue weighted by molar-refractivity contribution is 0.467. The maximum absolute atomic E-state index is 6.22. The van der Waals surface area contributed by atoms with Crippen molar-refractivity contribution >= 4 is 11.6 Å². The van der Waals surface area contributed by atoms with Crippen molar-refractivity contribution in [1.29, 1.82) is 0 Å². The summed E-state index contributed by atoms with van der Waals surface area (Å²) in [7, 11) is 0. The molecule has 4 heteroatoms. The summed E-state index contributed by atoms with van der Waals surface area (Å²) in [6.07, 6.45) is 3.38. The molecule has 0 aliphatic carbocycles. The number of ether oxygens (including phenoxy) is 1. The van der Waals surface area contributed by atoms with Crippen molar-refractivity contribution < 1.29 is 4.74 Å². The molecule has 2 rings (SSSR count). The Bertz CT molecular complexity index is 529. The molecule has 0 aliphatic rings. The topological polar surface area (TPSA) is 34.1 Å². The van der Waals surface area contributed by atoms with Crippen molar-refractivity contribution in [3.05, 3.63) is 53.3 Å². The zero-order valence-electron chi connectivity index (χ0n) is 11.1. The van der Waals surface area contributed by atoms with Gasteiger partial charge in [-0.1, -0.05) is 37.6 Å². The van der Waals surface area contributed by atoms with Crippen LogP contribution in [-0.4, -0.2) is 11.0 Å². The van der Waals surface area contributed by atoms with Gasteiger partial charge in [0.05, 0.1) is 11.2 Å². The molecule has 0 spiro atoms. The van der Waals surface area contributed by atoms with Crippen LogP contribution >= 0.6 is 11.6 Å². The highest BCUT2D eigenvalue weighted by Gasteiger charge is 2.10. The van der Waals surface area contributed by atoms with Gasteiger partial charge in [-0.25, -0.2) is 0 Å². The lowest BCUT2D eigenvalue weighted by Crippen LogP contribution is -2.22. The van der Waals surface area contributed by atoms with Crippen molar-refractivity contribution in [2.45, 2.75) is 26.4 Å². The Morgan fingerprint density at radius 2 is 2.11 bits per heavy atom. The van der Waals surface area contributed by atoms with Gasteiger partial charge in [0, 0.05) is 24.3 Å². The van der Waals surface area contributed by atoms with E-state index in [4.69, 9.17) is 16.3 Å². The van der Waals surface area contributed by atoms with Gasteiger partial charge < -0.3 is 10.1 Å². The van der Waals surface area contributed by atoms with Crippen LogP contribution in [0.2, 0.25) is 5.02 Å². The number of nitrogens with one attached hydrogen (secondary N) is 1. The Kier molecular flexibility index (Phi) is 4.77. The summed E-state index contributed by atoms with van der Waals surface area (Å²) in [6, 6.07) is 9.86. The van der Waals surface area contributed by atoms with Crippen molar-refractivity contribution in [2.24, 2.45) is 0 Å². The van der Waals surface area contributed by atoms with Gasteiger partial charge in [0.1, 0.15) is 5.75 Å². The van der Waals surface area contributed by atoms with Crippen LogP contribution in [0.15, 0.2) is 42.7 Å². The normalized spacial score (nSPS) is 10.7. The SMILES string of the molecule is CC(C)NCc1cccc(Cl)c1Oc1cccnc1. The summed E-state index contributed by atoms with van der Waals surface area (Å²) in [5, 5.41) is 3.96. The number of benzene rings is 1. The van der Waals surface area contributed by atoms with Crippen LogP contribution in [0, 0.1) is 0 Å². The number of pyridine rings is 1. The Morgan fingerprint density at radius 3 is 2.79 bits per heavy atom. The highest BCUT2D eigenvalue weighted by Crippen LogP contribution is 2.32. The fraction of sp³-hybridized carbons (Fsp3) is 0.267. The maximum Gasteiger partial charge on any atom is 0.150 e. The first kappa shape index (κ1) is 13.8. The van der Waals surface area contributed by atoms with Gasteiger partial charge in [-0.3, -0.25) is 4.98 Å². The van der Waals surface area contributed by atoms with Gasteiger partial charge in [0.15, 0.2) is 5.75 Å². The summed E-state index contributed by atoms with van der Waals surface area (Å²) in [6.45, 7) is 4.92. The lowest BCUT2D eigenvalue weighted by atomic mass is 10.2. The molecule has 0 atom stereocenters. The Hall–Kier alpha value is -1.58. The number of aromatic nitrogens is 1. The standard InChI is InChI=1S/C15H17ClN2O/c1-11(2)18-9-12-5-3-7-14(16)15(12)19-13-6-4-8-17-10-13/h3-8,10-11,18H,9H2,1-2H3. The molecule has 0 radical (unpaired) electrons. The van der Waals surface area contributed by atoms with E-state index in [0.717, 1.165) is 5.56 Å². The van der Waals surface area contributed by atoms with Gasteiger partial charge in [-0.15, -0.1) is 0 Å². The van der Waals surface area contributed by atoms with Crippen LogP contribution < -0.4 is 10.1 Å². The van der Waals surface area contributed by atoms with Crippen LogP contribution in [0.25, 0.3) is 0 Å². The number of hydrogen-bond acceptors (Lipinski definition) is 3. The highest BCUT2D eigenvalue weighted by atomic mass is 35.5. The van der Waals surface area contributed by atoms with Gasteiger partial charge in [0.2, 0.25) is 0 Å². The lowest BCUT2D eigenvalue weighted by Gasteiger charge is -2.14. The molecule has 0 bridgehead atoms. The second kappa shape index (κ2) is 6.55. The molecule has 2 aromatic rings. The molecule has 0 aliphatic heterocycles. The zero-order chi connectivity index (χ0) is 13.7. The highest BCUT2D eigenvalue weighted by molar-refractivity contribution is 6.32. The molecule has 0 amide bonds. The molecular formula is C15H17ClN2O. The molecule has 0 saturated heterocycles. The Morgan fingerprint density at radius 1 is 1.26 bits per heavy atom. The maximum atomic E-state index is 6.22. The Labute approximate surface area is 118 Å². The van der Waals surface area contributed by atoms with Gasteiger partial charge >= 0.3 is 0 Å². The molecule has 19 heavy (non-hydrogen) atoms. The van der Waals surface area contributed by atoms with Crippen molar-refractivity contribution in [1.82, 2.24) is 10.3 Å². The van der Waals surface area contributed by atoms with Crippen LogP contribution in [0.4, 0.5) is 0 Å². The molecule has 1 aromatic carbocycles. The third-order valence-electron chi connectivity index (χ3n) is 2.60. The van der Waals surface area contributed by atoms with Crippen molar-refractivity contribution in [2.75, 3.05) is 0 Å². The molecule has 0 unspecified atom stereocenters. The minimum atomic E-state index is 0.408. The first-order valence-corrected chi connectivity index (χ1v) is 6.63. The minimum Gasteiger partial charge on any atom is -0.454 e. The summed E-state index contributed by atoms with van der Waals surface area (Å²) in [5.74, 6) is 1.37. The summed E-state index contributed by atoms with van der Waals surface area (Å²) >= 11 is 6.22. The molecule has 1 aromatic heterocycles. The fourth-order valence-electron chi connectivity index (χ4n) is 1.65. The van der Waals surface area contributed by atoms with Crippen molar-refractivity contribution in [3.8, 4) is 11.5 Å². The average Bonchev–Trinajstić information content (AvgIpc) is 2.40. The quantitative estimate of drug-likeness (QED) is 0.895. The third kappa shape index (κ3) is 3.94. The smallest absolute Gasteiger partial charge is 0.150 e. The summed E-state index contributed by atoms with van der Waals surface area (Å²) in [5.41, 5.74) is 1.03. The minimum absolute atomic E-state index is 0.408. The van der Waals surface area contributed by atoms with E-state index < -0.39 is 0 Å². The molecule has 0 saturated carbocycles. The molecule has 0 fully saturated rings. The fourth-order valence-corrected chi connectivity index (χ4v) is 1.88. The number of hydrogen-bond donors (Lipinski definition) is 1. The average molecular weight is 277 g/mol. The van der Waals surface area contributed by atoms with E-state index in [9.17, 15) is 0 Å². The van der Waals surface area contributed by atoms with E-state index in [2.05, 4.69) is 24.1 Å². The molecular weight excluding hydrogens is 260 g/mol. The largest absolute Gasteiger partial charge is 0.454 e. The first-order chi connectivity index (χ1) is 9.16. The van der Waals surface area contributed by atoms with Crippen LogP contribution in [0.5, 0.6) is 11.5 Å². The second-order valence-corrected chi connectivity index (χ2v) is 4.96. The van der Waals surface area contributed by atoms with Gasteiger partial charge in [-0.2, -0.15) is 0 Å². The predicted octanol–water partition coefficient (Wildman–Crippen LogP) is 4.03. The first-order valence-electron chi connectivity index (χ1n) is 6.25. The van der Waals surface area contributed by atoms with Crippen molar-refractivity contribution in [3.63, 3.8) is 0 Å². The second-order valence-electron chi connectivity index (χ2n) is 4.55. The zero-order valence-corrected chi connectivity index (χ0v) is 11.8. The van der Waals surface area contributed by atoms with Gasteiger partial charge in [-0.05, 0) is 18.2 Å². The molecule has 3 nitrogen and oxygen atoms in total.